The molecule has 2 aliphatic heterocycles. The molecule has 2 heterocycles. The zero-order valence-corrected chi connectivity index (χ0v) is 22.7. The summed E-state index contributed by atoms with van der Waals surface area (Å²) < 4.78 is 12.1. The Hall–Kier alpha value is -1.93. The van der Waals surface area contributed by atoms with Crippen LogP contribution in [0.1, 0.15) is 52.5 Å². The summed E-state index contributed by atoms with van der Waals surface area (Å²) in [7, 11) is -1.08. The molecule has 0 radical (unpaired) electrons. The number of hydrogen-bond acceptors (Lipinski definition) is 5. The van der Waals surface area contributed by atoms with E-state index in [1.54, 1.807) is 12.0 Å². The van der Waals surface area contributed by atoms with Gasteiger partial charge in [0.2, 0.25) is 0 Å². The lowest BCUT2D eigenvalue weighted by Crippen LogP contribution is -2.46. The van der Waals surface area contributed by atoms with Crippen molar-refractivity contribution in [1.29, 1.82) is 0 Å². The van der Waals surface area contributed by atoms with Crippen molar-refractivity contribution in [3.8, 4) is 5.75 Å². The number of carbonyl (C=O) groups is 1. The van der Waals surface area contributed by atoms with Crippen LogP contribution >= 0.6 is 0 Å². The van der Waals surface area contributed by atoms with E-state index in [2.05, 4.69) is 32.9 Å². The zero-order chi connectivity index (χ0) is 25.3. The number of benzene rings is 1. The van der Waals surface area contributed by atoms with Crippen molar-refractivity contribution in [2.24, 2.45) is 5.92 Å². The Morgan fingerprint density at radius 1 is 1.26 bits per heavy atom. The summed E-state index contributed by atoms with van der Waals surface area (Å²) in [4.78, 5) is 27.1. The first-order valence-electron chi connectivity index (χ1n) is 12.3. The molecule has 1 fully saturated rings. The fourth-order valence-electron chi connectivity index (χ4n) is 5.70. The molecule has 0 bridgehead atoms. The molecule has 0 saturated carbocycles. The number of amides is 1. The van der Waals surface area contributed by atoms with Gasteiger partial charge < -0.3 is 24.3 Å². The van der Waals surface area contributed by atoms with E-state index in [1.807, 2.05) is 38.2 Å². The van der Waals surface area contributed by atoms with E-state index < -0.39 is 13.9 Å². The highest BCUT2D eigenvalue weighted by atomic mass is 28.4. The molecule has 1 aromatic carbocycles. The number of allylic oxidation sites excluding steroid dienone is 3. The van der Waals surface area contributed by atoms with E-state index in [0.717, 1.165) is 24.1 Å². The number of fused-ring (bicyclic) bond motifs is 2. The maximum Gasteiger partial charge on any atom is 0.264 e. The van der Waals surface area contributed by atoms with Crippen LogP contribution in [0.2, 0.25) is 18.6 Å². The van der Waals surface area contributed by atoms with E-state index >= 15 is 0 Å². The molecule has 7 heteroatoms. The van der Waals surface area contributed by atoms with E-state index in [1.165, 1.54) is 11.1 Å². The number of aliphatic hydroxyl groups is 1. The summed E-state index contributed by atoms with van der Waals surface area (Å²) in [5.74, 6) is 0.335. The number of methoxy groups -OCH3 is 1. The van der Waals surface area contributed by atoms with Crippen LogP contribution in [0.25, 0.3) is 0 Å². The SMILES string of the molecule is COc1ccc2c(c1)[C@@]1(O[C@H](CCO)[C@@H]([Si](C)(C)O)[C@@H]1C)C(=O)N2C/C=C(\C)CCC=C(C)C. The number of anilines is 1. The van der Waals surface area contributed by atoms with Gasteiger partial charge in [-0.25, -0.2) is 0 Å². The molecule has 1 saturated heterocycles. The fraction of sp³-hybridized carbons (Fsp3) is 0.593. The Bertz CT molecular complexity index is 962. The van der Waals surface area contributed by atoms with Crippen LogP contribution in [0.5, 0.6) is 5.75 Å². The third kappa shape index (κ3) is 4.89. The van der Waals surface area contributed by atoms with E-state index in [9.17, 15) is 14.7 Å². The first-order chi connectivity index (χ1) is 16.0. The summed E-state index contributed by atoms with van der Waals surface area (Å²) in [5, 5.41) is 9.70. The standard InChI is InChI=1S/C27H41NO5Si/c1-18(2)9-8-10-19(3)13-15-28-23-12-11-21(32-5)17-22(23)27(26(28)30)20(4)25(34(6,7)31)24(33-27)14-16-29/h9,11-13,17,20,24-25,29,31H,8,10,14-16H2,1-7H3/b19-13+/t20-,24+,25-,27+/m0/s1. The minimum absolute atomic E-state index is 0.0507. The number of hydrogen-bond donors (Lipinski definition) is 2. The van der Waals surface area contributed by atoms with Gasteiger partial charge in [-0.2, -0.15) is 0 Å². The van der Waals surface area contributed by atoms with Crippen LogP contribution in [0.15, 0.2) is 41.5 Å². The van der Waals surface area contributed by atoms with Crippen LogP contribution in [-0.4, -0.2) is 50.5 Å². The van der Waals surface area contributed by atoms with Crippen molar-refractivity contribution in [3.05, 3.63) is 47.1 Å². The average molecular weight is 488 g/mol. The largest absolute Gasteiger partial charge is 0.497 e. The summed E-state index contributed by atoms with van der Waals surface area (Å²) >= 11 is 0. The van der Waals surface area contributed by atoms with Gasteiger partial charge in [-0.05, 0) is 71.3 Å². The van der Waals surface area contributed by atoms with Gasteiger partial charge in [0.15, 0.2) is 13.9 Å². The smallest absolute Gasteiger partial charge is 0.264 e. The lowest BCUT2D eigenvalue weighted by atomic mass is 9.82. The third-order valence-electron chi connectivity index (χ3n) is 7.32. The molecule has 0 unspecified atom stereocenters. The van der Waals surface area contributed by atoms with E-state index in [0.29, 0.717) is 18.7 Å². The number of carbonyl (C=O) groups excluding carboxylic acids is 1. The summed E-state index contributed by atoms with van der Waals surface area (Å²) in [5.41, 5.74) is 2.80. The van der Waals surface area contributed by atoms with Crippen LogP contribution in [0.3, 0.4) is 0 Å². The summed E-state index contributed by atoms with van der Waals surface area (Å²) in [6, 6.07) is 5.70. The highest BCUT2D eigenvalue weighted by Gasteiger charge is 2.66. The number of rotatable bonds is 9. The summed E-state index contributed by atoms with van der Waals surface area (Å²) in [6.07, 6.45) is 6.30. The maximum atomic E-state index is 14.1. The molecular formula is C27H41NO5Si. The van der Waals surface area contributed by atoms with Crippen LogP contribution < -0.4 is 9.64 Å². The van der Waals surface area contributed by atoms with Crippen molar-refractivity contribution >= 4 is 19.9 Å². The molecule has 1 amide bonds. The van der Waals surface area contributed by atoms with Gasteiger partial charge in [-0.1, -0.05) is 30.2 Å². The van der Waals surface area contributed by atoms with Crippen LogP contribution in [-0.2, 0) is 15.1 Å². The lowest BCUT2D eigenvalue weighted by molar-refractivity contribution is -0.146. The molecule has 1 aromatic rings. The number of aliphatic hydroxyl groups excluding tert-OH is 1. The predicted octanol–water partition coefficient (Wildman–Crippen LogP) is 4.91. The molecule has 3 rings (SSSR count). The second-order valence-corrected chi connectivity index (χ2v) is 14.5. The quantitative estimate of drug-likeness (QED) is 0.382. The topological polar surface area (TPSA) is 79.2 Å². The first kappa shape index (κ1) is 26.7. The van der Waals surface area contributed by atoms with Gasteiger partial charge in [0, 0.05) is 30.2 Å². The minimum atomic E-state index is -2.69. The molecule has 2 aliphatic rings. The summed E-state index contributed by atoms with van der Waals surface area (Å²) in [6.45, 7) is 12.5. The molecule has 2 N–H and O–H groups in total. The van der Waals surface area contributed by atoms with Gasteiger partial charge in [-0.3, -0.25) is 4.79 Å². The third-order valence-corrected chi connectivity index (χ3v) is 9.82. The Labute approximate surface area is 205 Å². The molecule has 188 valence electrons. The van der Waals surface area contributed by atoms with Gasteiger partial charge in [0.05, 0.1) is 18.9 Å². The normalized spacial score (nSPS) is 26.9. The number of ether oxygens (including phenoxy) is 2. The second kappa shape index (κ2) is 10.4. The van der Waals surface area contributed by atoms with Gasteiger partial charge in [0.1, 0.15) is 5.75 Å². The van der Waals surface area contributed by atoms with Gasteiger partial charge in [0.25, 0.3) is 5.91 Å². The molecule has 0 aromatic heterocycles. The van der Waals surface area contributed by atoms with Gasteiger partial charge in [-0.15, -0.1) is 0 Å². The van der Waals surface area contributed by atoms with Gasteiger partial charge >= 0.3 is 0 Å². The molecule has 1 spiro atoms. The Kier molecular flexibility index (Phi) is 8.13. The van der Waals surface area contributed by atoms with E-state index in [-0.39, 0.29) is 30.1 Å². The lowest BCUT2D eigenvalue weighted by Gasteiger charge is -2.32. The van der Waals surface area contributed by atoms with Crippen molar-refractivity contribution in [2.75, 3.05) is 25.2 Å². The first-order valence-corrected chi connectivity index (χ1v) is 15.3. The highest BCUT2D eigenvalue weighted by molar-refractivity contribution is 6.71. The number of nitrogens with zero attached hydrogens (tertiary/aromatic N) is 1. The second-order valence-electron chi connectivity index (χ2n) is 10.5. The molecule has 6 nitrogen and oxygen atoms in total. The van der Waals surface area contributed by atoms with Crippen molar-refractivity contribution in [2.45, 2.75) is 77.3 Å². The van der Waals surface area contributed by atoms with Crippen LogP contribution in [0, 0.1) is 5.92 Å². The molecule has 0 aliphatic carbocycles. The molecule has 4 atom stereocenters. The van der Waals surface area contributed by atoms with Crippen LogP contribution in [0.4, 0.5) is 5.69 Å². The fourth-order valence-corrected chi connectivity index (χ4v) is 8.30. The average Bonchev–Trinajstić information content (AvgIpc) is 3.18. The Balaban J connectivity index is 2.02. The maximum absolute atomic E-state index is 14.1. The van der Waals surface area contributed by atoms with Crippen molar-refractivity contribution in [3.63, 3.8) is 0 Å². The monoisotopic (exact) mass is 487 g/mol. The van der Waals surface area contributed by atoms with Crippen molar-refractivity contribution in [1.82, 2.24) is 0 Å². The Morgan fingerprint density at radius 3 is 2.56 bits per heavy atom. The highest BCUT2D eigenvalue weighted by Crippen LogP contribution is 2.59. The Morgan fingerprint density at radius 2 is 1.97 bits per heavy atom. The molecule has 34 heavy (non-hydrogen) atoms. The minimum Gasteiger partial charge on any atom is -0.497 e. The molecular weight excluding hydrogens is 446 g/mol. The predicted molar refractivity (Wildman–Crippen MR) is 139 cm³/mol. The van der Waals surface area contributed by atoms with E-state index in [4.69, 9.17) is 9.47 Å². The zero-order valence-electron chi connectivity index (χ0n) is 21.7. The van der Waals surface area contributed by atoms with Crippen molar-refractivity contribution < 1.29 is 24.2 Å².